The molecule has 0 aromatic heterocycles. The molecule has 1 heterocycles. The van der Waals surface area contributed by atoms with Crippen LogP contribution in [0.1, 0.15) is 33.3 Å². The van der Waals surface area contributed by atoms with Crippen molar-refractivity contribution in [1.82, 2.24) is 0 Å². The molecule has 0 amide bonds. The van der Waals surface area contributed by atoms with Crippen LogP contribution in [0.2, 0.25) is 19.6 Å². The first kappa shape index (κ1) is 16.4. The van der Waals surface area contributed by atoms with Crippen LogP contribution in [-0.2, 0) is 9.31 Å². The quantitative estimate of drug-likeness (QED) is 0.586. The van der Waals surface area contributed by atoms with Crippen LogP contribution < -0.4 is 5.46 Å². The van der Waals surface area contributed by atoms with Crippen LogP contribution in [0.15, 0.2) is 24.3 Å². The van der Waals surface area contributed by atoms with Gasteiger partial charge in [0, 0.05) is 5.56 Å². The summed E-state index contributed by atoms with van der Waals surface area (Å²) in [6, 6.07) is 8.20. The smallest absolute Gasteiger partial charge is 0.399 e. The number of rotatable bonds is 1. The molecule has 0 spiro atoms. The lowest BCUT2D eigenvalue weighted by molar-refractivity contribution is 0.00578. The third-order valence-corrected chi connectivity index (χ3v) is 4.89. The van der Waals surface area contributed by atoms with E-state index in [1.807, 2.05) is 12.1 Å². The van der Waals surface area contributed by atoms with Crippen molar-refractivity contribution in [2.75, 3.05) is 0 Å². The van der Waals surface area contributed by atoms with Crippen molar-refractivity contribution in [3.8, 4) is 11.5 Å². The van der Waals surface area contributed by atoms with E-state index in [1.165, 1.54) is 0 Å². The van der Waals surface area contributed by atoms with Crippen LogP contribution in [0, 0.1) is 11.5 Å². The monoisotopic (exact) mass is 300 g/mol. The minimum atomic E-state index is -1.33. The van der Waals surface area contributed by atoms with E-state index in [0.29, 0.717) is 0 Å². The van der Waals surface area contributed by atoms with E-state index in [2.05, 4.69) is 70.9 Å². The molecule has 4 heteroatoms. The summed E-state index contributed by atoms with van der Waals surface area (Å²) in [5, 5.41) is 0. The van der Waals surface area contributed by atoms with Gasteiger partial charge in [-0.3, -0.25) is 0 Å². The lowest BCUT2D eigenvalue weighted by Crippen LogP contribution is -2.41. The van der Waals surface area contributed by atoms with Crippen molar-refractivity contribution in [3.05, 3.63) is 29.8 Å². The van der Waals surface area contributed by atoms with Gasteiger partial charge in [-0.05, 0) is 45.3 Å². The molecule has 0 aliphatic carbocycles. The molecule has 112 valence electrons. The van der Waals surface area contributed by atoms with Gasteiger partial charge in [-0.1, -0.05) is 37.7 Å². The maximum Gasteiger partial charge on any atom is 0.494 e. The third-order valence-electron chi connectivity index (χ3n) is 4.02. The average Bonchev–Trinajstić information content (AvgIpc) is 2.56. The van der Waals surface area contributed by atoms with Crippen molar-refractivity contribution in [2.24, 2.45) is 0 Å². The molecule has 0 N–H and O–H groups in total. The van der Waals surface area contributed by atoms with E-state index < -0.39 is 8.07 Å². The topological polar surface area (TPSA) is 18.5 Å². The Bertz CT molecular complexity index is 558. The standard InChI is InChI=1S/C17H25BO2Si/c1-16(2)17(3,4)20-18(19-16)15-10-8-14(9-11-15)12-13-21(5,6)7/h8-11H,1-7H3. The molecule has 0 unspecified atom stereocenters. The molecule has 1 aliphatic rings. The molecule has 0 atom stereocenters. The summed E-state index contributed by atoms with van der Waals surface area (Å²) in [6.45, 7) is 15.0. The van der Waals surface area contributed by atoms with Crippen molar-refractivity contribution >= 4 is 20.7 Å². The Hall–Kier alpha value is -1.02. The Kier molecular flexibility index (Phi) is 4.14. The lowest BCUT2D eigenvalue weighted by Gasteiger charge is -2.32. The number of hydrogen-bond donors (Lipinski definition) is 0. The lowest BCUT2D eigenvalue weighted by atomic mass is 9.79. The largest absolute Gasteiger partial charge is 0.494 e. The minimum Gasteiger partial charge on any atom is -0.399 e. The van der Waals surface area contributed by atoms with E-state index in [0.717, 1.165) is 11.0 Å². The Morgan fingerprint density at radius 3 is 1.81 bits per heavy atom. The van der Waals surface area contributed by atoms with E-state index in [1.54, 1.807) is 0 Å². The first-order valence-corrected chi connectivity index (χ1v) is 11.0. The molecule has 1 aromatic rings. The fourth-order valence-corrected chi connectivity index (χ4v) is 2.48. The summed E-state index contributed by atoms with van der Waals surface area (Å²) in [5.41, 5.74) is 4.89. The average molecular weight is 300 g/mol. The van der Waals surface area contributed by atoms with Gasteiger partial charge < -0.3 is 9.31 Å². The van der Waals surface area contributed by atoms with Crippen LogP contribution in [0.25, 0.3) is 0 Å². The second-order valence-electron chi connectivity index (χ2n) is 7.71. The van der Waals surface area contributed by atoms with E-state index >= 15 is 0 Å². The van der Waals surface area contributed by atoms with Crippen LogP contribution in [0.4, 0.5) is 0 Å². The van der Waals surface area contributed by atoms with E-state index in [-0.39, 0.29) is 18.3 Å². The summed E-state index contributed by atoms with van der Waals surface area (Å²) in [4.78, 5) is 0. The predicted molar refractivity (Wildman–Crippen MR) is 92.4 cm³/mol. The second-order valence-corrected chi connectivity index (χ2v) is 12.5. The zero-order chi connectivity index (χ0) is 15.9. The summed E-state index contributed by atoms with van der Waals surface area (Å²) in [7, 11) is -1.63. The maximum absolute atomic E-state index is 6.05. The van der Waals surface area contributed by atoms with Gasteiger partial charge in [-0.15, -0.1) is 5.54 Å². The highest BCUT2D eigenvalue weighted by atomic mass is 28.3. The molecule has 1 aromatic carbocycles. The highest BCUT2D eigenvalue weighted by Crippen LogP contribution is 2.36. The van der Waals surface area contributed by atoms with Gasteiger partial charge in [-0.2, -0.15) is 0 Å². The van der Waals surface area contributed by atoms with Crippen LogP contribution in [0.5, 0.6) is 0 Å². The molecule has 2 rings (SSSR count). The molecular weight excluding hydrogens is 275 g/mol. The summed E-state index contributed by atoms with van der Waals surface area (Å²) in [5.74, 6) is 3.26. The Morgan fingerprint density at radius 1 is 0.905 bits per heavy atom. The van der Waals surface area contributed by atoms with Crippen LogP contribution >= 0.6 is 0 Å². The van der Waals surface area contributed by atoms with Gasteiger partial charge in [0.15, 0.2) is 0 Å². The van der Waals surface area contributed by atoms with Gasteiger partial charge in [0.1, 0.15) is 8.07 Å². The highest BCUT2D eigenvalue weighted by molar-refractivity contribution is 6.83. The zero-order valence-electron chi connectivity index (χ0n) is 14.2. The fraction of sp³-hybridized carbons (Fsp3) is 0.529. The van der Waals surface area contributed by atoms with Crippen LogP contribution in [-0.4, -0.2) is 26.4 Å². The van der Waals surface area contributed by atoms with Crippen LogP contribution in [0.3, 0.4) is 0 Å². The molecule has 1 aliphatic heterocycles. The van der Waals surface area contributed by atoms with Crippen molar-refractivity contribution in [2.45, 2.75) is 58.5 Å². The normalized spacial score (nSPS) is 20.0. The highest BCUT2D eigenvalue weighted by Gasteiger charge is 2.51. The third kappa shape index (κ3) is 3.79. The Labute approximate surface area is 130 Å². The Balaban J connectivity index is 2.16. The fourth-order valence-electron chi connectivity index (χ4n) is 1.96. The second kappa shape index (κ2) is 5.32. The summed E-state index contributed by atoms with van der Waals surface area (Å²) in [6.07, 6.45) is 0. The predicted octanol–water partition coefficient (Wildman–Crippen LogP) is 3.21. The SMILES string of the molecule is CC1(C)OB(c2ccc(C#C[Si](C)(C)C)cc2)OC1(C)C. The first-order chi connectivity index (χ1) is 9.50. The molecular formula is C17H25BO2Si. The maximum atomic E-state index is 6.05. The zero-order valence-corrected chi connectivity index (χ0v) is 15.2. The van der Waals surface area contributed by atoms with Gasteiger partial charge in [0.25, 0.3) is 0 Å². The number of hydrogen-bond acceptors (Lipinski definition) is 2. The van der Waals surface area contributed by atoms with Gasteiger partial charge in [0.05, 0.1) is 11.2 Å². The molecule has 0 saturated carbocycles. The molecule has 2 nitrogen and oxygen atoms in total. The van der Waals surface area contributed by atoms with Crippen molar-refractivity contribution in [3.63, 3.8) is 0 Å². The van der Waals surface area contributed by atoms with E-state index in [4.69, 9.17) is 9.31 Å². The Morgan fingerprint density at radius 2 is 1.38 bits per heavy atom. The van der Waals surface area contributed by atoms with Gasteiger partial charge in [-0.25, -0.2) is 0 Å². The van der Waals surface area contributed by atoms with E-state index in [9.17, 15) is 0 Å². The van der Waals surface area contributed by atoms with Crippen molar-refractivity contribution < 1.29 is 9.31 Å². The molecule has 0 radical (unpaired) electrons. The minimum absolute atomic E-state index is 0.297. The molecule has 21 heavy (non-hydrogen) atoms. The number of benzene rings is 1. The summed E-state index contributed by atoms with van der Waals surface area (Å²) >= 11 is 0. The molecule has 1 fully saturated rings. The van der Waals surface area contributed by atoms with Gasteiger partial charge in [0.2, 0.25) is 0 Å². The summed E-state index contributed by atoms with van der Waals surface area (Å²) < 4.78 is 12.1. The molecule has 1 saturated heterocycles. The first-order valence-electron chi connectivity index (χ1n) is 7.49. The van der Waals surface area contributed by atoms with Crippen molar-refractivity contribution in [1.29, 1.82) is 0 Å². The van der Waals surface area contributed by atoms with Gasteiger partial charge >= 0.3 is 7.12 Å². The molecule has 0 bridgehead atoms.